The molecule has 0 amide bonds. The van der Waals surface area contributed by atoms with Crippen molar-refractivity contribution in [2.45, 2.75) is 38.3 Å². The van der Waals surface area contributed by atoms with Crippen LogP contribution in [0.3, 0.4) is 0 Å². The van der Waals surface area contributed by atoms with Crippen molar-refractivity contribution in [2.75, 3.05) is 5.75 Å². The maximum Gasteiger partial charge on any atom is 0.340 e. The van der Waals surface area contributed by atoms with Gasteiger partial charge in [-0.3, -0.25) is 4.68 Å². The highest BCUT2D eigenvalue weighted by atomic mass is 32.2. The van der Waals surface area contributed by atoms with Gasteiger partial charge in [0, 0.05) is 24.1 Å². The Labute approximate surface area is 127 Å². The number of nitrogens with zero attached hydrogens (tertiary/aromatic N) is 4. The van der Waals surface area contributed by atoms with E-state index < -0.39 is 5.97 Å². The Morgan fingerprint density at radius 3 is 2.76 bits per heavy atom. The van der Waals surface area contributed by atoms with Crippen molar-refractivity contribution in [3.63, 3.8) is 0 Å². The quantitative estimate of drug-likeness (QED) is 0.652. The minimum Gasteiger partial charge on any atom is -0.478 e. The van der Waals surface area contributed by atoms with Gasteiger partial charge in [0.2, 0.25) is 0 Å². The zero-order chi connectivity index (χ0) is 15.4. The fourth-order valence-corrected chi connectivity index (χ4v) is 2.85. The maximum atomic E-state index is 11.4. The lowest BCUT2D eigenvalue weighted by molar-refractivity contribution is 0.0690. The molecule has 112 valence electrons. The van der Waals surface area contributed by atoms with Gasteiger partial charge in [0.1, 0.15) is 16.4 Å². The third-order valence-corrected chi connectivity index (χ3v) is 3.88. The molecular formula is C14H18N4O2S. The van der Waals surface area contributed by atoms with Crippen LogP contribution in [0.5, 0.6) is 0 Å². The van der Waals surface area contributed by atoms with Gasteiger partial charge in [-0.15, -0.1) is 11.8 Å². The van der Waals surface area contributed by atoms with E-state index in [9.17, 15) is 9.90 Å². The number of aromatic carboxylic acids is 1. The normalized spacial score (nSPS) is 11.0. The highest BCUT2D eigenvalue weighted by Gasteiger charge is 2.19. The van der Waals surface area contributed by atoms with Gasteiger partial charge >= 0.3 is 5.97 Å². The van der Waals surface area contributed by atoms with Gasteiger partial charge < -0.3 is 5.11 Å². The van der Waals surface area contributed by atoms with Crippen LogP contribution in [0.15, 0.2) is 23.5 Å². The number of aromatic nitrogens is 4. The Hall–Kier alpha value is -1.89. The van der Waals surface area contributed by atoms with Gasteiger partial charge in [0.05, 0.1) is 12.2 Å². The summed E-state index contributed by atoms with van der Waals surface area (Å²) in [6, 6.07) is 1.86. The van der Waals surface area contributed by atoms with Crippen molar-refractivity contribution in [3.8, 4) is 0 Å². The molecule has 0 aliphatic heterocycles. The van der Waals surface area contributed by atoms with Gasteiger partial charge in [-0.1, -0.05) is 13.8 Å². The van der Waals surface area contributed by atoms with Gasteiger partial charge in [0.15, 0.2) is 0 Å². The fourth-order valence-electron chi connectivity index (χ4n) is 1.84. The zero-order valence-corrected chi connectivity index (χ0v) is 13.1. The standard InChI is InChI=1S/C14H18N4O2S/c1-9(2)12-16-10(3)11(14(19)20)13(17-12)21-8-7-18-6-4-5-15-18/h4-6,9H,7-8H2,1-3H3,(H,19,20). The second kappa shape index (κ2) is 6.71. The third kappa shape index (κ3) is 3.81. The monoisotopic (exact) mass is 306 g/mol. The molecule has 6 nitrogen and oxygen atoms in total. The summed E-state index contributed by atoms with van der Waals surface area (Å²) < 4.78 is 1.81. The molecule has 0 aliphatic rings. The summed E-state index contributed by atoms with van der Waals surface area (Å²) in [5.74, 6) is 0.566. The molecule has 1 N–H and O–H groups in total. The van der Waals surface area contributed by atoms with Crippen molar-refractivity contribution in [3.05, 3.63) is 35.5 Å². The van der Waals surface area contributed by atoms with Crippen LogP contribution in [0.4, 0.5) is 0 Å². The topological polar surface area (TPSA) is 80.9 Å². The smallest absolute Gasteiger partial charge is 0.340 e. The molecule has 0 fully saturated rings. The molecule has 0 bridgehead atoms. The number of aryl methyl sites for hydroxylation is 2. The SMILES string of the molecule is Cc1nc(C(C)C)nc(SCCn2cccn2)c1C(=O)O. The third-order valence-electron chi connectivity index (χ3n) is 2.92. The van der Waals surface area contributed by atoms with E-state index in [-0.39, 0.29) is 11.5 Å². The van der Waals surface area contributed by atoms with Crippen molar-refractivity contribution in [1.82, 2.24) is 19.7 Å². The fraction of sp³-hybridized carbons (Fsp3) is 0.429. The number of carboxylic acids is 1. The molecule has 0 spiro atoms. The molecule has 0 saturated carbocycles. The summed E-state index contributed by atoms with van der Waals surface area (Å²) in [5, 5.41) is 14.0. The average molecular weight is 306 g/mol. The van der Waals surface area contributed by atoms with Crippen molar-refractivity contribution < 1.29 is 9.90 Å². The van der Waals surface area contributed by atoms with Gasteiger partial charge in [-0.05, 0) is 13.0 Å². The molecular weight excluding hydrogens is 288 g/mol. The van der Waals surface area contributed by atoms with E-state index in [1.54, 1.807) is 13.1 Å². The summed E-state index contributed by atoms with van der Waals surface area (Å²) in [4.78, 5) is 20.1. The van der Waals surface area contributed by atoms with Crippen molar-refractivity contribution in [2.24, 2.45) is 0 Å². The van der Waals surface area contributed by atoms with E-state index in [1.807, 2.05) is 30.8 Å². The molecule has 2 aromatic heterocycles. The number of thioether (sulfide) groups is 1. The van der Waals surface area contributed by atoms with E-state index >= 15 is 0 Å². The second-order valence-electron chi connectivity index (χ2n) is 4.92. The molecule has 0 aliphatic carbocycles. The highest BCUT2D eigenvalue weighted by Crippen LogP contribution is 2.25. The number of hydrogen-bond donors (Lipinski definition) is 1. The number of rotatable bonds is 6. The first-order valence-corrected chi connectivity index (χ1v) is 7.69. The van der Waals surface area contributed by atoms with Crippen LogP contribution in [-0.4, -0.2) is 36.6 Å². The van der Waals surface area contributed by atoms with Gasteiger partial charge in [0.25, 0.3) is 0 Å². The lowest BCUT2D eigenvalue weighted by Crippen LogP contribution is -2.11. The first kappa shape index (κ1) is 15.5. The Bertz CT molecular complexity index is 626. The summed E-state index contributed by atoms with van der Waals surface area (Å²) in [7, 11) is 0. The lowest BCUT2D eigenvalue weighted by Gasteiger charge is -2.12. The van der Waals surface area contributed by atoms with Crippen LogP contribution >= 0.6 is 11.8 Å². The van der Waals surface area contributed by atoms with E-state index in [0.717, 1.165) is 0 Å². The molecule has 0 saturated heterocycles. The van der Waals surface area contributed by atoms with Crippen molar-refractivity contribution >= 4 is 17.7 Å². The number of carbonyl (C=O) groups is 1. The summed E-state index contributed by atoms with van der Waals surface area (Å²) in [6.45, 7) is 6.41. The Kier molecular flexibility index (Phi) is 4.95. The summed E-state index contributed by atoms with van der Waals surface area (Å²) >= 11 is 1.43. The van der Waals surface area contributed by atoms with E-state index in [1.165, 1.54) is 11.8 Å². The Morgan fingerprint density at radius 2 is 2.19 bits per heavy atom. The Balaban J connectivity index is 2.20. The first-order valence-electron chi connectivity index (χ1n) is 6.71. The first-order chi connectivity index (χ1) is 9.99. The molecule has 2 aromatic rings. The highest BCUT2D eigenvalue weighted by molar-refractivity contribution is 7.99. The average Bonchev–Trinajstić information content (AvgIpc) is 2.90. The van der Waals surface area contributed by atoms with Crippen LogP contribution < -0.4 is 0 Å². The van der Waals surface area contributed by atoms with Crippen LogP contribution in [-0.2, 0) is 6.54 Å². The molecule has 21 heavy (non-hydrogen) atoms. The minimum atomic E-state index is -0.982. The largest absolute Gasteiger partial charge is 0.478 e. The molecule has 2 rings (SSSR count). The molecule has 0 atom stereocenters. The molecule has 2 heterocycles. The number of hydrogen-bond acceptors (Lipinski definition) is 5. The molecule has 7 heteroatoms. The predicted molar refractivity (Wildman–Crippen MR) is 80.8 cm³/mol. The van der Waals surface area contributed by atoms with E-state index in [2.05, 4.69) is 15.1 Å². The number of carboxylic acid groups (broad SMARTS) is 1. The second-order valence-corrected chi connectivity index (χ2v) is 6.01. The van der Waals surface area contributed by atoms with Crippen LogP contribution in [0.2, 0.25) is 0 Å². The zero-order valence-electron chi connectivity index (χ0n) is 12.3. The van der Waals surface area contributed by atoms with Crippen LogP contribution in [0.1, 0.15) is 41.6 Å². The molecule has 0 radical (unpaired) electrons. The minimum absolute atomic E-state index is 0.164. The predicted octanol–water partition coefficient (Wildman–Crippen LogP) is 2.60. The lowest BCUT2D eigenvalue weighted by atomic mass is 10.2. The van der Waals surface area contributed by atoms with E-state index in [4.69, 9.17) is 0 Å². The maximum absolute atomic E-state index is 11.4. The van der Waals surface area contributed by atoms with E-state index in [0.29, 0.717) is 28.8 Å². The molecule has 0 aromatic carbocycles. The van der Waals surface area contributed by atoms with Gasteiger partial charge in [-0.25, -0.2) is 14.8 Å². The Morgan fingerprint density at radius 1 is 1.43 bits per heavy atom. The summed E-state index contributed by atoms with van der Waals surface area (Å²) in [5.41, 5.74) is 0.715. The van der Waals surface area contributed by atoms with Crippen LogP contribution in [0, 0.1) is 6.92 Å². The van der Waals surface area contributed by atoms with Crippen molar-refractivity contribution in [1.29, 1.82) is 0 Å². The molecule has 0 unspecified atom stereocenters. The van der Waals surface area contributed by atoms with Gasteiger partial charge in [-0.2, -0.15) is 5.10 Å². The van der Waals surface area contributed by atoms with Crippen LogP contribution in [0.25, 0.3) is 0 Å². The summed E-state index contributed by atoms with van der Waals surface area (Å²) in [6.07, 6.45) is 3.60.